The van der Waals surface area contributed by atoms with Crippen molar-refractivity contribution >= 4 is 32.5 Å². The van der Waals surface area contributed by atoms with Gasteiger partial charge >= 0.3 is 0 Å². The molecule has 0 aliphatic carbocycles. The van der Waals surface area contributed by atoms with Crippen LogP contribution in [0.3, 0.4) is 0 Å². The molecule has 0 bridgehead atoms. The van der Waals surface area contributed by atoms with Crippen molar-refractivity contribution in [3.63, 3.8) is 0 Å². The van der Waals surface area contributed by atoms with E-state index in [2.05, 4.69) is 43.6 Å². The zero-order valence-electron chi connectivity index (χ0n) is 10.4. The van der Waals surface area contributed by atoms with Crippen molar-refractivity contribution in [2.75, 3.05) is 12.4 Å². The predicted molar refractivity (Wildman–Crippen MR) is 82.2 cm³/mol. The highest BCUT2D eigenvalue weighted by Crippen LogP contribution is 2.29. The first-order valence-electron chi connectivity index (χ1n) is 5.98. The predicted octanol–water partition coefficient (Wildman–Crippen LogP) is 4.10. The molecule has 0 radical (unpaired) electrons. The third-order valence-corrected chi connectivity index (χ3v) is 3.57. The molecule has 0 saturated heterocycles. The Hall–Kier alpha value is -1.94. The Morgan fingerprint density at radius 3 is 2.26 bits per heavy atom. The van der Waals surface area contributed by atoms with Gasteiger partial charge in [-0.3, -0.25) is 0 Å². The van der Waals surface area contributed by atoms with Crippen LogP contribution in [0.4, 0.5) is 5.82 Å². The number of aromatic nitrogens is 2. The molecule has 94 valence electrons. The molecule has 0 aliphatic heterocycles. The van der Waals surface area contributed by atoms with E-state index < -0.39 is 0 Å². The molecule has 1 heterocycles. The molecule has 0 amide bonds. The van der Waals surface area contributed by atoms with Gasteiger partial charge in [-0.25, -0.2) is 0 Å². The third-order valence-electron chi connectivity index (χ3n) is 3.04. The highest BCUT2D eigenvalue weighted by molar-refractivity contribution is 9.10. The van der Waals surface area contributed by atoms with E-state index in [1.54, 1.807) is 0 Å². The van der Waals surface area contributed by atoms with Gasteiger partial charge in [0.25, 0.3) is 0 Å². The molecule has 1 N–H and O–H groups in total. The van der Waals surface area contributed by atoms with Crippen molar-refractivity contribution in [3.8, 4) is 11.3 Å². The van der Waals surface area contributed by atoms with Crippen LogP contribution in [0.5, 0.6) is 0 Å². The number of fused-ring (bicyclic) bond motifs is 1. The lowest BCUT2D eigenvalue weighted by atomic mass is 10.0. The summed E-state index contributed by atoms with van der Waals surface area (Å²) >= 11 is 3.44. The Balaban J connectivity index is 2.27. The van der Waals surface area contributed by atoms with Crippen molar-refractivity contribution in [3.05, 3.63) is 53.0 Å². The summed E-state index contributed by atoms with van der Waals surface area (Å²) < 4.78 is 1.06. The van der Waals surface area contributed by atoms with E-state index in [9.17, 15) is 0 Å². The second-order valence-corrected chi connectivity index (χ2v) is 5.12. The first-order valence-corrected chi connectivity index (χ1v) is 6.78. The van der Waals surface area contributed by atoms with E-state index in [1.807, 2.05) is 43.4 Å². The lowest BCUT2D eigenvalue weighted by Gasteiger charge is -2.08. The molecule has 3 rings (SSSR count). The number of nitrogens with one attached hydrogen (secondary N) is 1. The van der Waals surface area contributed by atoms with E-state index in [-0.39, 0.29) is 0 Å². The van der Waals surface area contributed by atoms with Crippen LogP contribution in [0, 0.1) is 0 Å². The van der Waals surface area contributed by atoms with Crippen LogP contribution in [0.1, 0.15) is 0 Å². The zero-order chi connectivity index (χ0) is 13.2. The highest BCUT2D eigenvalue weighted by Gasteiger charge is 2.09. The van der Waals surface area contributed by atoms with Crippen molar-refractivity contribution in [2.45, 2.75) is 0 Å². The minimum atomic E-state index is 0.802. The molecule has 1 aromatic heterocycles. The average molecular weight is 314 g/mol. The Labute approximate surface area is 119 Å². The standard InChI is InChI=1S/C15H12BrN3/c1-17-15-13-5-3-2-4-12(13)14(18-19-15)10-6-8-11(16)9-7-10/h2-9H,1H3,(H,17,19). The Morgan fingerprint density at radius 1 is 0.895 bits per heavy atom. The second kappa shape index (κ2) is 4.97. The van der Waals surface area contributed by atoms with Gasteiger partial charge in [0.15, 0.2) is 5.82 Å². The van der Waals surface area contributed by atoms with Crippen LogP contribution in [-0.4, -0.2) is 17.2 Å². The first kappa shape index (κ1) is 12.1. The van der Waals surface area contributed by atoms with E-state index >= 15 is 0 Å². The monoisotopic (exact) mass is 313 g/mol. The largest absolute Gasteiger partial charge is 0.371 e. The number of hydrogen-bond donors (Lipinski definition) is 1. The number of nitrogens with zero attached hydrogens (tertiary/aromatic N) is 2. The SMILES string of the molecule is CNc1nnc(-c2ccc(Br)cc2)c2ccccc12. The van der Waals surface area contributed by atoms with Crippen LogP contribution in [0.15, 0.2) is 53.0 Å². The lowest BCUT2D eigenvalue weighted by Crippen LogP contribution is -1.98. The third kappa shape index (κ3) is 2.19. The maximum atomic E-state index is 4.35. The molecule has 0 aliphatic rings. The van der Waals surface area contributed by atoms with Gasteiger partial charge in [-0.05, 0) is 12.1 Å². The summed E-state index contributed by atoms with van der Waals surface area (Å²) in [5, 5.41) is 13.9. The summed E-state index contributed by atoms with van der Waals surface area (Å²) in [6.45, 7) is 0. The van der Waals surface area contributed by atoms with Gasteiger partial charge < -0.3 is 5.32 Å². The smallest absolute Gasteiger partial charge is 0.156 e. The summed E-state index contributed by atoms with van der Waals surface area (Å²) in [6.07, 6.45) is 0. The summed E-state index contributed by atoms with van der Waals surface area (Å²) in [6, 6.07) is 16.3. The van der Waals surface area contributed by atoms with Gasteiger partial charge in [0.2, 0.25) is 0 Å². The summed E-state index contributed by atoms with van der Waals surface area (Å²) in [7, 11) is 1.86. The second-order valence-electron chi connectivity index (χ2n) is 4.20. The van der Waals surface area contributed by atoms with Crippen molar-refractivity contribution in [1.29, 1.82) is 0 Å². The average Bonchev–Trinajstić information content (AvgIpc) is 2.47. The number of benzene rings is 2. The molecule has 0 atom stereocenters. The minimum Gasteiger partial charge on any atom is -0.371 e. The van der Waals surface area contributed by atoms with Gasteiger partial charge in [0.05, 0.1) is 0 Å². The van der Waals surface area contributed by atoms with Gasteiger partial charge in [-0.2, -0.15) is 0 Å². The molecule has 2 aromatic carbocycles. The fourth-order valence-electron chi connectivity index (χ4n) is 2.11. The van der Waals surface area contributed by atoms with E-state index in [0.29, 0.717) is 0 Å². The zero-order valence-corrected chi connectivity index (χ0v) is 12.0. The molecule has 3 nitrogen and oxygen atoms in total. The van der Waals surface area contributed by atoms with Crippen molar-refractivity contribution in [1.82, 2.24) is 10.2 Å². The molecular weight excluding hydrogens is 302 g/mol. The molecule has 19 heavy (non-hydrogen) atoms. The Bertz CT molecular complexity index is 723. The van der Waals surface area contributed by atoms with Crippen molar-refractivity contribution in [2.24, 2.45) is 0 Å². The van der Waals surface area contributed by atoms with Gasteiger partial charge in [-0.15, -0.1) is 10.2 Å². The van der Waals surface area contributed by atoms with Crippen molar-refractivity contribution < 1.29 is 0 Å². The summed E-state index contributed by atoms with van der Waals surface area (Å²) in [4.78, 5) is 0. The van der Waals surface area contributed by atoms with Crippen LogP contribution < -0.4 is 5.32 Å². The molecule has 3 aromatic rings. The number of halogens is 1. The quantitative estimate of drug-likeness (QED) is 0.774. The van der Waals surface area contributed by atoms with E-state index in [1.165, 1.54) is 0 Å². The normalized spacial score (nSPS) is 10.6. The van der Waals surface area contributed by atoms with Crippen LogP contribution >= 0.6 is 15.9 Å². The lowest BCUT2D eigenvalue weighted by molar-refractivity contribution is 1.06. The van der Waals surface area contributed by atoms with Crippen LogP contribution in [-0.2, 0) is 0 Å². The molecule has 4 heteroatoms. The molecule has 0 spiro atoms. The molecular formula is C15H12BrN3. The van der Waals surface area contributed by atoms with Gasteiger partial charge in [-0.1, -0.05) is 52.3 Å². The minimum absolute atomic E-state index is 0.802. The Kier molecular flexibility index (Phi) is 3.17. The van der Waals surface area contributed by atoms with Crippen LogP contribution in [0.2, 0.25) is 0 Å². The van der Waals surface area contributed by atoms with Crippen LogP contribution in [0.25, 0.3) is 22.0 Å². The highest BCUT2D eigenvalue weighted by atomic mass is 79.9. The number of hydrogen-bond acceptors (Lipinski definition) is 3. The molecule has 0 fully saturated rings. The van der Waals surface area contributed by atoms with E-state index in [4.69, 9.17) is 0 Å². The molecule has 0 saturated carbocycles. The summed E-state index contributed by atoms with van der Waals surface area (Å²) in [5.74, 6) is 0.802. The maximum Gasteiger partial charge on any atom is 0.156 e. The molecule has 0 unspecified atom stereocenters. The fourth-order valence-corrected chi connectivity index (χ4v) is 2.37. The first-order chi connectivity index (χ1) is 9.29. The van der Waals surface area contributed by atoms with Gasteiger partial charge in [0.1, 0.15) is 5.69 Å². The topological polar surface area (TPSA) is 37.8 Å². The summed E-state index contributed by atoms with van der Waals surface area (Å²) in [5.41, 5.74) is 1.97. The maximum absolute atomic E-state index is 4.35. The number of rotatable bonds is 2. The Morgan fingerprint density at radius 2 is 1.58 bits per heavy atom. The number of anilines is 1. The fraction of sp³-hybridized carbons (Fsp3) is 0.0667. The van der Waals surface area contributed by atoms with E-state index in [0.717, 1.165) is 32.3 Å². The van der Waals surface area contributed by atoms with Gasteiger partial charge in [0, 0.05) is 27.9 Å².